The van der Waals surface area contributed by atoms with E-state index >= 15 is 0 Å². The number of carbonyl (C=O) groups is 1. The zero-order valence-corrected chi connectivity index (χ0v) is 18.3. The number of nitrogens with one attached hydrogen (secondary N) is 1. The normalized spacial score (nSPS) is 15.0. The predicted octanol–water partition coefficient (Wildman–Crippen LogP) is 0.877. The first-order valence-corrected chi connectivity index (χ1v) is 10.5. The fourth-order valence-corrected chi connectivity index (χ4v) is 4.10. The molecule has 10 heteroatoms. The van der Waals surface area contributed by atoms with Gasteiger partial charge in [-0.05, 0) is 24.7 Å². The Balaban J connectivity index is 1.88. The summed E-state index contributed by atoms with van der Waals surface area (Å²) in [6.07, 6.45) is 1.44. The van der Waals surface area contributed by atoms with E-state index in [0.29, 0.717) is 36.3 Å². The van der Waals surface area contributed by atoms with Gasteiger partial charge in [0.2, 0.25) is 0 Å². The van der Waals surface area contributed by atoms with E-state index in [-0.39, 0.29) is 30.0 Å². The Hall–Kier alpha value is -3.50. The summed E-state index contributed by atoms with van der Waals surface area (Å²) in [6.45, 7) is 0.963. The van der Waals surface area contributed by atoms with E-state index in [0.717, 1.165) is 5.56 Å². The van der Waals surface area contributed by atoms with Gasteiger partial charge >= 0.3 is 0 Å². The number of aromatic hydroxyl groups is 1. The number of likely N-dealkylation sites (N-methyl/N-ethyl adjacent to an activating group) is 1. The smallest absolute Gasteiger partial charge is 0.268 e. The number of benzene rings is 1. The summed E-state index contributed by atoms with van der Waals surface area (Å²) in [6, 6.07) is 6.03. The molecule has 0 spiro atoms. The van der Waals surface area contributed by atoms with Gasteiger partial charge in [-0.15, -0.1) is 0 Å². The SMILES string of the molecule is CNC(=O)c1c(O)c2ncc(Cc3ccc(F)cc3)c3c2n(c1=O)C[C@@H](CN(C)CCO)O3. The molecule has 0 unspecified atom stereocenters. The van der Waals surface area contributed by atoms with Crippen molar-refractivity contribution in [1.29, 1.82) is 0 Å². The minimum atomic E-state index is -0.706. The number of aliphatic hydroxyl groups is 1. The molecule has 1 aliphatic rings. The van der Waals surface area contributed by atoms with E-state index in [1.165, 1.54) is 29.9 Å². The van der Waals surface area contributed by atoms with Crippen molar-refractivity contribution in [3.05, 3.63) is 63.3 Å². The zero-order chi connectivity index (χ0) is 23.7. The molecule has 1 aliphatic heterocycles. The molecule has 1 atom stereocenters. The van der Waals surface area contributed by atoms with Crippen molar-refractivity contribution in [3.8, 4) is 11.5 Å². The fraction of sp³-hybridized carbons (Fsp3) is 0.348. The third-order valence-electron chi connectivity index (χ3n) is 5.70. The highest BCUT2D eigenvalue weighted by atomic mass is 19.1. The number of pyridine rings is 2. The number of aromatic nitrogens is 2. The van der Waals surface area contributed by atoms with Crippen LogP contribution >= 0.6 is 0 Å². The number of amides is 1. The Morgan fingerprint density at radius 3 is 2.76 bits per heavy atom. The molecule has 2 aromatic heterocycles. The van der Waals surface area contributed by atoms with E-state index < -0.39 is 23.3 Å². The van der Waals surface area contributed by atoms with Gasteiger partial charge in [0.1, 0.15) is 28.5 Å². The maximum atomic E-state index is 13.3. The van der Waals surface area contributed by atoms with Gasteiger partial charge in [-0.2, -0.15) is 0 Å². The van der Waals surface area contributed by atoms with Crippen LogP contribution in [0.1, 0.15) is 21.5 Å². The molecule has 174 valence electrons. The van der Waals surface area contributed by atoms with Gasteiger partial charge in [-0.3, -0.25) is 19.1 Å². The van der Waals surface area contributed by atoms with Gasteiger partial charge in [0.25, 0.3) is 11.5 Å². The number of aliphatic hydroxyl groups excluding tert-OH is 1. The molecule has 0 aliphatic carbocycles. The second kappa shape index (κ2) is 9.16. The molecule has 1 aromatic carbocycles. The largest absolute Gasteiger partial charge is 0.505 e. The van der Waals surface area contributed by atoms with Crippen molar-refractivity contribution in [2.24, 2.45) is 0 Å². The fourth-order valence-electron chi connectivity index (χ4n) is 4.10. The lowest BCUT2D eigenvalue weighted by Crippen LogP contribution is -2.43. The van der Waals surface area contributed by atoms with Gasteiger partial charge in [-0.1, -0.05) is 12.1 Å². The number of halogens is 1. The summed E-state index contributed by atoms with van der Waals surface area (Å²) in [4.78, 5) is 31.8. The highest BCUT2D eigenvalue weighted by Crippen LogP contribution is 2.37. The van der Waals surface area contributed by atoms with Crippen molar-refractivity contribution in [3.63, 3.8) is 0 Å². The average molecular weight is 456 g/mol. The summed E-state index contributed by atoms with van der Waals surface area (Å²) < 4.78 is 21.0. The van der Waals surface area contributed by atoms with Crippen molar-refractivity contribution in [1.82, 2.24) is 19.8 Å². The minimum absolute atomic E-state index is 0.0240. The molecule has 4 rings (SSSR count). The molecule has 3 aromatic rings. The molecular weight excluding hydrogens is 431 g/mol. The van der Waals surface area contributed by atoms with Gasteiger partial charge in [0.15, 0.2) is 11.5 Å². The Morgan fingerprint density at radius 1 is 1.36 bits per heavy atom. The lowest BCUT2D eigenvalue weighted by Gasteiger charge is -2.32. The second-order valence-corrected chi connectivity index (χ2v) is 8.06. The maximum Gasteiger partial charge on any atom is 0.268 e. The summed E-state index contributed by atoms with van der Waals surface area (Å²) in [7, 11) is 3.20. The van der Waals surface area contributed by atoms with Crippen LogP contribution in [-0.2, 0) is 13.0 Å². The molecule has 1 amide bonds. The van der Waals surface area contributed by atoms with E-state index in [4.69, 9.17) is 4.74 Å². The highest BCUT2D eigenvalue weighted by molar-refractivity contribution is 6.02. The lowest BCUT2D eigenvalue weighted by atomic mass is 10.0. The molecule has 3 heterocycles. The zero-order valence-electron chi connectivity index (χ0n) is 18.3. The lowest BCUT2D eigenvalue weighted by molar-refractivity contribution is 0.0953. The van der Waals surface area contributed by atoms with Crippen LogP contribution < -0.4 is 15.6 Å². The number of rotatable bonds is 7. The topological polar surface area (TPSA) is 117 Å². The van der Waals surface area contributed by atoms with Crippen LogP contribution in [0.2, 0.25) is 0 Å². The molecule has 9 nitrogen and oxygen atoms in total. The van der Waals surface area contributed by atoms with Crippen LogP contribution in [0.4, 0.5) is 4.39 Å². The quantitative estimate of drug-likeness (QED) is 0.483. The van der Waals surface area contributed by atoms with Crippen LogP contribution in [0.3, 0.4) is 0 Å². The van der Waals surface area contributed by atoms with E-state index in [1.54, 1.807) is 12.1 Å². The Kier molecular flexibility index (Phi) is 6.30. The predicted molar refractivity (Wildman–Crippen MR) is 119 cm³/mol. The van der Waals surface area contributed by atoms with Gasteiger partial charge < -0.3 is 25.2 Å². The number of nitrogens with zero attached hydrogens (tertiary/aromatic N) is 3. The van der Waals surface area contributed by atoms with Crippen LogP contribution in [0.5, 0.6) is 11.5 Å². The van der Waals surface area contributed by atoms with E-state index in [9.17, 15) is 24.2 Å². The summed E-state index contributed by atoms with van der Waals surface area (Å²) >= 11 is 0. The Morgan fingerprint density at radius 2 is 2.09 bits per heavy atom. The molecule has 0 fully saturated rings. The molecule has 0 bridgehead atoms. The first-order valence-electron chi connectivity index (χ1n) is 10.5. The van der Waals surface area contributed by atoms with Crippen LogP contribution in [0.25, 0.3) is 11.0 Å². The summed E-state index contributed by atoms with van der Waals surface area (Å²) in [5, 5.41) is 22.3. The number of hydrogen-bond donors (Lipinski definition) is 3. The van der Waals surface area contributed by atoms with Gasteiger partial charge in [0.05, 0.1) is 13.2 Å². The van der Waals surface area contributed by atoms with Crippen LogP contribution in [0, 0.1) is 5.82 Å². The van der Waals surface area contributed by atoms with Crippen molar-refractivity contribution in [2.75, 3.05) is 33.8 Å². The van der Waals surface area contributed by atoms with E-state index in [1.807, 2.05) is 11.9 Å². The molecular formula is C23H25FN4O5. The molecule has 0 radical (unpaired) electrons. The van der Waals surface area contributed by atoms with Crippen molar-refractivity contribution < 1.29 is 24.1 Å². The van der Waals surface area contributed by atoms with Crippen molar-refractivity contribution in [2.45, 2.75) is 19.1 Å². The Labute approximate surface area is 189 Å². The standard InChI is InChI=1S/C23H25FN4O5/c1-25-22(31)17-20(30)18-19-21(14(10-26-18)9-13-3-5-15(24)6-4-13)33-16(11-27(2)7-8-29)12-28(19)23(17)32/h3-6,10,16,29-30H,7-9,11-12H2,1-2H3,(H,25,31)/t16-/m1/s1. The summed E-state index contributed by atoms with van der Waals surface area (Å²) in [5.41, 5.74) is 0.860. The second-order valence-electron chi connectivity index (χ2n) is 8.06. The van der Waals surface area contributed by atoms with Gasteiger partial charge in [-0.25, -0.2) is 4.39 Å². The number of hydrogen-bond acceptors (Lipinski definition) is 7. The maximum absolute atomic E-state index is 13.3. The Bertz CT molecular complexity index is 1260. The third kappa shape index (κ3) is 4.27. The minimum Gasteiger partial charge on any atom is -0.505 e. The highest BCUT2D eigenvalue weighted by Gasteiger charge is 2.31. The third-order valence-corrected chi connectivity index (χ3v) is 5.70. The van der Waals surface area contributed by atoms with E-state index in [2.05, 4.69) is 10.3 Å². The summed E-state index contributed by atoms with van der Waals surface area (Å²) in [5.74, 6) is -1.17. The average Bonchev–Trinajstić information content (AvgIpc) is 2.79. The first-order chi connectivity index (χ1) is 15.8. The molecule has 33 heavy (non-hydrogen) atoms. The molecule has 3 N–H and O–H groups in total. The molecule has 0 saturated carbocycles. The first kappa shape index (κ1) is 22.7. The van der Waals surface area contributed by atoms with Crippen molar-refractivity contribution >= 4 is 16.9 Å². The van der Waals surface area contributed by atoms with Crippen LogP contribution in [0.15, 0.2) is 35.3 Å². The van der Waals surface area contributed by atoms with Gasteiger partial charge in [0, 0.05) is 38.3 Å². The number of ether oxygens (including phenoxy) is 1. The van der Waals surface area contributed by atoms with Crippen LogP contribution in [-0.4, -0.2) is 70.5 Å². The molecule has 0 saturated heterocycles. The monoisotopic (exact) mass is 456 g/mol. The number of carbonyl (C=O) groups excluding carboxylic acids is 1.